The van der Waals surface area contributed by atoms with Gasteiger partial charge in [0.1, 0.15) is 5.70 Å². The Morgan fingerprint density at radius 2 is 1.75 bits per heavy atom. The summed E-state index contributed by atoms with van der Waals surface area (Å²) in [6.45, 7) is 6.76. The van der Waals surface area contributed by atoms with E-state index < -0.39 is 0 Å². The number of amides is 2. The number of imide groups is 1. The minimum atomic E-state index is -0.296. The van der Waals surface area contributed by atoms with Crippen molar-refractivity contribution >= 4 is 23.1 Å². The zero-order valence-corrected chi connectivity index (χ0v) is 16.6. The summed E-state index contributed by atoms with van der Waals surface area (Å²) in [4.78, 5) is 27.4. The van der Waals surface area contributed by atoms with Gasteiger partial charge < -0.3 is 10.1 Å². The van der Waals surface area contributed by atoms with Crippen molar-refractivity contribution in [2.75, 3.05) is 18.5 Å². The van der Waals surface area contributed by atoms with E-state index in [9.17, 15) is 9.59 Å². The van der Waals surface area contributed by atoms with E-state index in [1.165, 1.54) is 4.90 Å². The van der Waals surface area contributed by atoms with Crippen molar-refractivity contribution in [2.45, 2.75) is 33.3 Å². The smallest absolute Gasteiger partial charge is 0.278 e. The van der Waals surface area contributed by atoms with E-state index in [0.717, 1.165) is 16.8 Å². The van der Waals surface area contributed by atoms with E-state index in [1.807, 2.05) is 75.4 Å². The summed E-state index contributed by atoms with van der Waals surface area (Å²) in [7, 11) is 0. The van der Waals surface area contributed by atoms with Gasteiger partial charge in [-0.2, -0.15) is 0 Å². The van der Waals surface area contributed by atoms with Crippen molar-refractivity contribution in [1.29, 1.82) is 0 Å². The maximum Gasteiger partial charge on any atom is 0.278 e. The number of aryl methyl sites for hydroxylation is 1. The molecule has 0 saturated carbocycles. The van der Waals surface area contributed by atoms with Gasteiger partial charge in [0.25, 0.3) is 11.8 Å². The fraction of sp³-hybridized carbons (Fsp3) is 0.304. The van der Waals surface area contributed by atoms with Crippen LogP contribution in [0.15, 0.2) is 60.3 Å². The minimum absolute atomic E-state index is 0.126. The number of nitrogens with one attached hydrogen (secondary N) is 1. The van der Waals surface area contributed by atoms with Crippen LogP contribution in [0.5, 0.6) is 0 Å². The van der Waals surface area contributed by atoms with Crippen LogP contribution in [0, 0.1) is 6.92 Å². The van der Waals surface area contributed by atoms with Gasteiger partial charge in [-0.15, -0.1) is 0 Å². The zero-order chi connectivity index (χ0) is 20.1. The molecule has 3 rings (SSSR count). The van der Waals surface area contributed by atoms with Crippen LogP contribution in [0.25, 0.3) is 5.57 Å². The number of hydrogen-bond acceptors (Lipinski definition) is 4. The molecular formula is C23H26N2O3. The van der Waals surface area contributed by atoms with Gasteiger partial charge in [-0.05, 0) is 50.5 Å². The van der Waals surface area contributed by atoms with Gasteiger partial charge in [-0.25, -0.2) is 0 Å². The van der Waals surface area contributed by atoms with Crippen LogP contribution in [0.4, 0.5) is 5.69 Å². The summed E-state index contributed by atoms with van der Waals surface area (Å²) >= 11 is 0. The number of benzene rings is 2. The zero-order valence-electron chi connectivity index (χ0n) is 16.6. The lowest BCUT2D eigenvalue weighted by Gasteiger charge is -2.16. The molecule has 0 unspecified atom stereocenters. The first-order chi connectivity index (χ1) is 13.5. The molecule has 0 spiro atoms. The summed E-state index contributed by atoms with van der Waals surface area (Å²) in [5.41, 5.74) is 3.33. The third-order valence-corrected chi connectivity index (χ3v) is 4.50. The van der Waals surface area contributed by atoms with Crippen molar-refractivity contribution in [3.05, 3.63) is 71.4 Å². The van der Waals surface area contributed by atoms with Gasteiger partial charge in [-0.1, -0.05) is 42.5 Å². The van der Waals surface area contributed by atoms with Gasteiger partial charge >= 0.3 is 0 Å². The summed E-state index contributed by atoms with van der Waals surface area (Å²) in [6, 6.07) is 17.1. The fourth-order valence-electron chi connectivity index (χ4n) is 3.18. The first-order valence-corrected chi connectivity index (χ1v) is 9.58. The second kappa shape index (κ2) is 8.85. The van der Waals surface area contributed by atoms with Crippen molar-refractivity contribution < 1.29 is 14.3 Å². The van der Waals surface area contributed by atoms with E-state index in [4.69, 9.17) is 4.74 Å². The highest BCUT2D eigenvalue weighted by Gasteiger charge is 2.38. The Balaban J connectivity index is 1.87. The summed E-state index contributed by atoms with van der Waals surface area (Å²) in [6.07, 6.45) is 0.733. The molecule has 146 valence electrons. The van der Waals surface area contributed by atoms with Crippen molar-refractivity contribution in [3.63, 3.8) is 0 Å². The first-order valence-electron chi connectivity index (χ1n) is 9.58. The molecule has 2 aromatic rings. The lowest BCUT2D eigenvalue weighted by molar-refractivity contribution is -0.137. The molecule has 1 aliphatic heterocycles. The second-order valence-corrected chi connectivity index (χ2v) is 7.15. The SMILES string of the molecule is Cc1cccc(NC2=C(c3ccccc3)C(=O)N(CCCOC(C)C)C2=O)c1. The third-order valence-electron chi connectivity index (χ3n) is 4.50. The quantitative estimate of drug-likeness (QED) is 0.557. The van der Waals surface area contributed by atoms with E-state index in [0.29, 0.717) is 30.8 Å². The van der Waals surface area contributed by atoms with E-state index in [2.05, 4.69) is 5.32 Å². The number of nitrogens with zero attached hydrogens (tertiary/aromatic N) is 1. The highest BCUT2D eigenvalue weighted by atomic mass is 16.5. The van der Waals surface area contributed by atoms with Gasteiger partial charge in [0.15, 0.2) is 0 Å². The van der Waals surface area contributed by atoms with E-state index in [1.54, 1.807) is 0 Å². The molecule has 2 amide bonds. The first kappa shape index (κ1) is 19.8. The third kappa shape index (κ3) is 4.49. The van der Waals surface area contributed by atoms with Crippen molar-refractivity contribution in [3.8, 4) is 0 Å². The molecule has 0 radical (unpaired) electrons. The maximum atomic E-state index is 13.1. The molecular weight excluding hydrogens is 352 g/mol. The molecule has 0 aliphatic carbocycles. The van der Waals surface area contributed by atoms with Gasteiger partial charge in [-0.3, -0.25) is 14.5 Å². The normalized spacial score (nSPS) is 14.4. The Bertz CT molecular complexity index is 888. The summed E-state index contributed by atoms with van der Waals surface area (Å²) < 4.78 is 5.54. The average Bonchev–Trinajstić information content (AvgIpc) is 2.89. The number of hydrogen-bond donors (Lipinski definition) is 1. The lowest BCUT2D eigenvalue weighted by Crippen LogP contribution is -2.34. The second-order valence-electron chi connectivity index (χ2n) is 7.15. The summed E-state index contributed by atoms with van der Waals surface area (Å²) in [5.74, 6) is -0.564. The molecule has 1 heterocycles. The highest BCUT2D eigenvalue weighted by molar-refractivity contribution is 6.36. The maximum absolute atomic E-state index is 13.1. The van der Waals surface area contributed by atoms with Crippen LogP contribution in [0.2, 0.25) is 0 Å². The Morgan fingerprint density at radius 1 is 1.00 bits per heavy atom. The Morgan fingerprint density at radius 3 is 2.43 bits per heavy atom. The molecule has 1 aliphatic rings. The van der Waals surface area contributed by atoms with Crippen LogP contribution in [0.1, 0.15) is 31.4 Å². The highest BCUT2D eigenvalue weighted by Crippen LogP contribution is 2.30. The van der Waals surface area contributed by atoms with Crippen LogP contribution in [0.3, 0.4) is 0 Å². The fourth-order valence-corrected chi connectivity index (χ4v) is 3.18. The van der Waals surface area contributed by atoms with E-state index in [-0.39, 0.29) is 17.9 Å². The number of rotatable bonds is 8. The molecule has 1 N–H and O–H groups in total. The molecule has 0 saturated heterocycles. The van der Waals surface area contributed by atoms with Crippen LogP contribution >= 0.6 is 0 Å². The number of carbonyl (C=O) groups is 2. The largest absolute Gasteiger partial charge is 0.379 e. The van der Waals surface area contributed by atoms with Crippen molar-refractivity contribution in [2.24, 2.45) is 0 Å². The monoisotopic (exact) mass is 378 g/mol. The Hall–Kier alpha value is -2.92. The minimum Gasteiger partial charge on any atom is -0.379 e. The molecule has 28 heavy (non-hydrogen) atoms. The lowest BCUT2D eigenvalue weighted by atomic mass is 10.0. The molecule has 0 atom stereocenters. The average molecular weight is 378 g/mol. The van der Waals surface area contributed by atoms with Crippen LogP contribution in [-0.2, 0) is 14.3 Å². The number of carbonyl (C=O) groups excluding carboxylic acids is 2. The van der Waals surface area contributed by atoms with Crippen LogP contribution in [-0.4, -0.2) is 36.0 Å². The molecule has 0 bridgehead atoms. The topological polar surface area (TPSA) is 58.6 Å². The molecule has 5 nitrogen and oxygen atoms in total. The Kier molecular flexibility index (Phi) is 6.26. The predicted molar refractivity (Wildman–Crippen MR) is 111 cm³/mol. The molecule has 5 heteroatoms. The number of anilines is 1. The molecule has 0 fully saturated rings. The molecule has 2 aromatic carbocycles. The van der Waals surface area contributed by atoms with Crippen molar-refractivity contribution in [1.82, 2.24) is 4.90 Å². The van der Waals surface area contributed by atoms with E-state index >= 15 is 0 Å². The predicted octanol–water partition coefficient (Wildman–Crippen LogP) is 4.00. The number of ether oxygens (including phenoxy) is 1. The Labute approximate surface area is 166 Å². The molecule has 0 aromatic heterocycles. The van der Waals surface area contributed by atoms with Crippen LogP contribution < -0.4 is 5.32 Å². The van der Waals surface area contributed by atoms with Gasteiger partial charge in [0, 0.05) is 18.8 Å². The van der Waals surface area contributed by atoms with Gasteiger partial charge in [0.2, 0.25) is 0 Å². The standard InChI is InChI=1S/C23H26N2O3/c1-16(2)28-14-8-13-25-22(26)20(18-10-5-4-6-11-18)21(23(25)27)24-19-12-7-9-17(3)15-19/h4-7,9-12,15-16,24H,8,13-14H2,1-3H3. The summed E-state index contributed by atoms with van der Waals surface area (Å²) in [5, 5.41) is 3.19. The van der Waals surface area contributed by atoms with Gasteiger partial charge in [0.05, 0.1) is 11.7 Å².